The summed E-state index contributed by atoms with van der Waals surface area (Å²) in [6.07, 6.45) is 0. The van der Waals surface area contributed by atoms with E-state index in [0.717, 1.165) is 0 Å². The Balaban J connectivity index is 2.05. The van der Waals surface area contributed by atoms with E-state index in [4.69, 9.17) is 21.7 Å². The Kier molecular flexibility index (Phi) is 4.42. The van der Waals surface area contributed by atoms with Gasteiger partial charge in [0.05, 0.1) is 0 Å². The smallest absolute Gasteiger partial charge is 0.308 e. The van der Waals surface area contributed by atoms with Crippen LogP contribution in [0, 0.1) is 5.82 Å². The first-order valence-corrected chi connectivity index (χ1v) is 6.21. The van der Waals surface area contributed by atoms with Crippen molar-refractivity contribution in [3.8, 4) is 11.5 Å². The molecule has 0 atom stereocenters. The Morgan fingerprint density at radius 1 is 0.950 bits per heavy atom. The van der Waals surface area contributed by atoms with Gasteiger partial charge < -0.3 is 9.47 Å². The Morgan fingerprint density at radius 3 is 2.00 bits per heavy atom. The van der Waals surface area contributed by atoms with Crippen LogP contribution >= 0.6 is 12.2 Å². The topological polar surface area (TPSA) is 35.5 Å². The zero-order valence-electron chi connectivity index (χ0n) is 10.6. The number of rotatable bonds is 3. The fourth-order valence-electron chi connectivity index (χ4n) is 1.49. The van der Waals surface area contributed by atoms with Crippen molar-refractivity contribution in [2.24, 2.45) is 0 Å². The summed E-state index contributed by atoms with van der Waals surface area (Å²) in [4.78, 5) is 10.8. The highest BCUT2D eigenvalue weighted by atomic mass is 32.1. The van der Waals surface area contributed by atoms with Gasteiger partial charge in [0.15, 0.2) is 5.05 Å². The lowest BCUT2D eigenvalue weighted by atomic mass is 10.2. The van der Waals surface area contributed by atoms with Crippen molar-refractivity contribution in [3.05, 3.63) is 59.9 Å². The lowest BCUT2D eigenvalue weighted by molar-refractivity contribution is -0.131. The van der Waals surface area contributed by atoms with Gasteiger partial charge in [0.1, 0.15) is 17.3 Å². The Morgan fingerprint density at radius 2 is 1.45 bits per heavy atom. The van der Waals surface area contributed by atoms with Gasteiger partial charge in [0.25, 0.3) is 0 Å². The van der Waals surface area contributed by atoms with Gasteiger partial charge in [-0.2, -0.15) is 0 Å². The number of benzene rings is 2. The van der Waals surface area contributed by atoms with Gasteiger partial charge in [-0.25, -0.2) is 4.39 Å². The fourth-order valence-corrected chi connectivity index (χ4v) is 1.73. The third-order valence-electron chi connectivity index (χ3n) is 2.38. The average molecular weight is 290 g/mol. The molecule has 0 N–H and O–H groups in total. The van der Waals surface area contributed by atoms with Crippen LogP contribution in [0.1, 0.15) is 12.5 Å². The summed E-state index contributed by atoms with van der Waals surface area (Å²) >= 11 is 5.14. The normalized spacial score (nSPS) is 9.90. The highest BCUT2D eigenvalue weighted by Gasteiger charge is 2.05. The van der Waals surface area contributed by atoms with Gasteiger partial charge in [0.2, 0.25) is 0 Å². The maximum atomic E-state index is 12.8. The zero-order valence-corrected chi connectivity index (χ0v) is 11.4. The van der Waals surface area contributed by atoms with Gasteiger partial charge in [-0.05, 0) is 60.7 Å². The first-order valence-electron chi connectivity index (χ1n) is 5.81. The summed E-state index contributed by atoms with van der Waals surface area (Å²) in [5.74, 6) is 0.170. The molecule has 0 amide bonds. The lowest BCUT2D eigenvalue weighted by Gasteiger charge is -2.08. The number of carbonyl (C=O) groups excluding carboxylic acids is 1. The second-order valence-electron chi connectivity index (χ2n) is 3.96. The van der Waals surface area contributed by atoms with Crippen LogP contribution in [0.3, 0.4) is 0 Å². The molecule has 0 aliphatic heterocycles. The van der Waals surface area contributed by atoms with E-state index in [2.05, 4.69) is 0 Å². The Hall–Kier alpha value is -2.27. The van der Waals surface area contributed by atoms with Crippen LogP contribution < -0.4 is 9.47 Å². The molecule has 3 nitrogen and oxygen atoms in total. The summed E-state index contributed by atoms with van der Waals surface area (Å²) in [7, 11) is 0. The molecule has 5 heteroatoms. The first-order chi connectivity index (χ1) is 9.54. The molecule has 0 radical (unpaired) electrons. The first kappa shape index (κ1) is 14.1. The van der Waals surface area contributed by atoms with Gasteiger partial charge >= 0.3 is 5.97 Å². The maximum Gasteiger partial charge on any atom is 0.308 e. The summed E-state index contributed by atoms with van der Waals surface area (Å²) in [6.45, 7) is 1.33. The second kappa shape index (κ2) is 6.25. The molecule has 0 aliphatic carbocycles. The minimum absolute atomic E-state index is 0.256. The van der Waals surface area contributed by atoms with Crippen molar-refractivity contribution in [2.75, 3.05) is 0 Å². The molecule has 0 saturated carbocycles. The molecule has 102 valence electrons. The highest BCUT2D eigenvalue weighted by Crippen LogP contribution is 2.17. The predicted octanol–water partition coefficient (Wildman–Crippen LogP) is 3.51. The zero-order chi connectivity index (χ0) is 14.5. The van der Waals surface area contributed by atoms with E-state index in [1.807, 2.05) is 0 Å². The van der Waals surface area contributed by atoms with Crippen LogP contribution in [-0.4, -0.2) is 11.0 Å². The predicted molar refractivity (Wildman–Crippen MR) is 76.5 cm³/mol. The molecule has 0 heterocycles. The molecule has 2 aromatic carbocycles. The minimum Gasteiger partial charge on any atom is -0.445 e. The highest BCUT2D eigenvalue weighted by molar-refractivity contribution is 7.80. The van der Waals surface area contributed by atoms with Crippen molar-refractivity contribution in [1.29, 1.82) is 0 Å². The molecule has 0 aromatic heterocycles. The van der Waals surface area contributed by atoms with E-state index >= 15 is 0 Å². The van der Waals surface area contributed by atoms with E-state index in [1.165, 1.54) is 31.2 Å². The third kappa shape index (κ3) is 3.86. The number of hydrogen-bond donors (Lipinski definition) is 0. The monoisotopic (exact) mass is 290 g/mol. The molecule has 2 aromatic rings. The summed E-state index contributed by atoms with van der Waals surface area (Å²) < 4.78 is 23.1. The van der Waals surface area contributed by atoms with Crippen molar-refractivity contribution in [2.45, 2.75) is 6.92 Å². The standard InChI is InChI=1S/C15H11FO3S/c1-10(17)18-13-6-2-11(3-7-13)15(20)19-14-8-4-12(16)5-9-14/h2-9H,1H3. The molecule has 2 rings (SSSR count). The van der Waals surface area contributed by atoms with Crippen molar-refractivity contribution >= 4 is 23.2 Å². The molecule has 20 heavy (non-hydrogen) atoms. The average Bonchev–Trinajstić information content (AvgIpc) is 2.41. The number of carbonyl (C=O) groups is 1. The minimum atomic E-state index is -0.386. The van der Waals surface area contributed by atoms with Gasteiger partial charge in [-0.15, -0.1) is 0 Å². The molecule has 0 aliphatic rings. The molecule has 0 saturated heterocycles. The van der Waals surface area contributed by atoms with Gasteiger partial charge in [-0.1, -0.05) is 0 Å². The summed E-state index contributed by atoms with van der Waals surface area (Å²) in [5.41, 5.74) is 0.667. The summed E-state index contributed by atoms with van der Waals surface area (Å²) in [6, 6.07) is 12.2. The van der Waals surface area contributed by atoms with E-state index in [-0.39, 0.29) is 16.8 Å². The lowest BCUT2D eigenvalue weighted by Crippen LogP contribution is -2.07. The molecule has 0 spiro atoms. The maximum absolute atomic E-state index is 12.8. The molecular formula is C15H11FO3S. The van der Waals surface area contributed by atoms with Crippen LogP contribution in [0.5, 0.6) is 11.5 Å². The van der Waals surface area contributed by atoms with E-state index in [1.54, 1.807) is 24.3 Å². The van der Waals surface area contributed by atoms with E-state index in [0.29, 0.717) is 17.1 Å². The third-order valence-corrected chi connectivity index (χ3v) is 2.69. The Labute approximate surface area is 120 Å². The van der Waals surface area contributed by atoms with Crippen LogP contribution in [0.4, 0.5) is 4.39 Å². The molecule has 0 bridgehead atoms. The van der Waals surface area contributed by atoms with Crippen molar-refractivity contribution in [1.82, 2.24) is 0 Å². The van der Waals surface area contributed by atoms with E-state index < -0.39 is 0 Å². The molecular weight excluding hydrogens is 279 g/mol. The fraction of sp³-hybridized carbons (Fsp3) is 0.0667. The Bertz CT molecular complexity index is 621. The van der Waals surface area contributed by atoms with E-state index in [9.17, 15) is 9.18 Å². The van der Waals surface area contributed by atoms with Gasteiger partial charge in [0, 0.05) is 12.5 Å². The summed E-state index contributed by atoms with van der Waals surface area (Å²) in [5, 5.41) is 0.256. The van der Waals surface area contributed by atoms with Gasteiger partial charge in [-0.3, -0.25) is 4.79 Å². The van der Waals surface area contributed by atoms with Crippen LogP contribution in [0.15, 0.2) is 48.5 Å². The number of esters is 1. The molecule has 0 fully saturated rings. The van der Waals surface area contributed by atoms with Crippen LogP contribution in [0.2, 0.25) is 0 Å². The van der Waals surface area contributed by atoms with Crippen LogP contribution in [-0.2, 0) is 4.79 Å². The van der Waals surface area contributed by atoms with Crippen molar-refractivity contribution < 1.29 is 18.7 Å². The van der Waals surface area contributed by atoms with Crippen LogP contribution in [0.25, 0.3) is 0 Å². The largest absolute Gasteiger partial charge is 0.445 e. The number of thiocarbonyl (C=S) groups is 1. The number of halogens is 1. The number of hydrogen-bond acceptors (Lipinski definition) is 4. The second-order valence-corrected chi connectivity index (χ2v) is 4.33. The number of ether oxygens (including phenoxy) is 2. The quantitative estimate of drug-likeness (QED) is 0.492. The van der Waals surface area contributed by atoms with Crippen molar-refractivity contribution in [3.63, 3.8) is 0 Å². The SMILES string of the molecule is CC(=O)Oc1ccc(C(=S)Oc2ccc(F)cc2)cc1. The molecule has 0 unspecified atom stereocenters.